The molecule has 0 aromatic heterocycles. The van der Waals surface area contributed by atoms with E-state index in [0.717, 1.165) is 11.6 Å². The Kier molecular flexibility index (Phi) is 6.34. The van der Waals surface area contributed by atoms with Crippen LogP contribution < -0.4 is 5.32 Å². The van der Waals surface area contributed by atoms with E-state index in [0.29, 0.717) is 12.1 Å². The highest BCUT2D eigenvalue weighted by atomic mass is 35.5. The Morgan fingerprint density at radius 3 is 2.45 bits per heavy atom. The fraction of sp³-hybridized carbons (Fsp3) is 0.647. The van der Waals surface area contributed by atoms with Crippen LogP contribution in [0.2, 0.25) is 5.02 Å². The molecule has 0 radical (unpaired) electrons. The summed E-state index contributed by atoms with van der Waals surface area (Å²) in [6.45, 7) is 8.18. The van der Waals surface area contributed by atoms with E-state index in [-0.39, 0.29) is 0 Å². The molecule has 1 aromatic rings. The second-order valence-electron chi connectivity index (χ2n) is 5.89. The monoisotopic (exact) mass is 294 g/mol. The largest absolute Gasteiger partial charge is 0.308 e. The number of nitrogens with zero attached hydrogens (tertiary/aromatic N) is 1. The normalized spacial score (nSPS) is 19.1. The van der Waals surface area contributed by atoms with Crippen LogP contribution in [0.25, 0.3) is 0 Å². The lowest BCUT2D eigenvalue weighted by atomic mass is 10.0. The summed E-state index contributed by atoms with van der Waals surface area (Å²) in [6.07, 6.45) is 5.09. The second-order valence-corrected chi connectivity index (χ2v) is 6.33. The third kappa shape index (κ3) is 4.47. The average molecular weight is 295 g/mol. The molecular weight excluding hydrogens is 268 g/mol. The number of hydrogen-bond donors (Lipinski definition) is 1. The third-order valence-corrected chi connectivity index (χ3v) is 4.53. The van der Waals surface area contributed by atoms with Gasteiger partial charge in [0.15, 0.2) is 0 Å². The Morgan fingerprint density at radius 2 is 1.85 bits per heavy atom. The number of benzene rings is 1. The van der Waals surface area contributed by atoms with Crippen molar-refractivity contribution < 1.29 is 0 Å². The number of hydrogen-bond acceptors (Lipinski definition) is 2. The molecule has 1 N–H and O–H groups in total. The molecule has 20 heavy (non-hydrogen) atoms. The first-order valence-corrected chi connectivity index (χ1v) is 8.31. The lowest BCUT2D eigenvalue weighted by Crippen LogP contribution is -2.39. The summed E-state index contributed by atoms with van der Waals surface area (Å²) in [5, 5.41) is 4.56. The van der Waals surface area contributed by atoms with E-state index in [1.54, 1.807) is 0 Å². The van der Waals surface area contributed by atoms with Crippen molar-refractivity contribution in [1.29, 1.82) is 0 Å². The zero-order valence-corrected chi connectivity index (χ0v) is 13.5. The summed E-state index contributed by atoms with van der Waals surface area (Å²) in [5.74, 6) is 0. The van der Waals surface area contributed by atoms with E-state index >= 15 is 0 Å². The molecule has 2 nitrogen and oxygen atoms in total. The minimum atomic E-state index is 0.447. The highest BCUT2D eigenvalue weighted by Crippen LogP contribution is 2.21. The van der Waals surface area contributed by atoms with Crippen molar-refractivity contribution in [3.8, 4) is 0 Å². The second kappa shape index (κ2) is 8.02. The van der Waals surface area contributed by atoms with Crippen molar-refractivity contribution in [2.45, 2.75) is 51.6 Å². The van der Waals surface area contributed by atoms with Crippen molar-refractivity contribution in [1.82, 2.24) is 10.2 Å². The van der Waals surface area contributed by atoms with Gasteiger partial charge in [-0.25, -0.2) is 0 Å². The van der Waals surface area contributed by atoms with Crippen LogP contribution in [0.1, 0.15) is 51.1 Å². The number of rotatable bonds is 7. The van der Waals surface area contributed by atoms with Gasteiger partial charge in [0.05, 0.1) is 0 Å². The maximum absolute atomic E-state index is 5.98. The smallest absolute Gasteiger partial charge is 0.0406 e. The van der Waals surface area contributed by atoms with Gasteiger partial charge in [0.2, 0.25) is 0 Å². The SMILES string of the molecule is CCCC(NCC(C)N1CCCC1)c1ccc(Cl)cc1. The van der Waals surface area contributed by atoms with Crippen LogP contribution in [-0.2, 0) is 0 Å². The third-order valence-electron chi connectivity index (χ3n) is 4.27. The molecule has 1 fully saturated rings. The van der Waals surface area contributed by atoms with Crippen LogP contribution in [0.3, 0.4) is 0 Å². The molecule has 1 aliphatic rings. The Morgan fingerprint density at radius 1 is 1.20 bits per heavy atom. The molecule has 1 aliphatic heterocycles. The first-order chi connectivity index (χ1) is 9.70. The van der Waals surface area contributed by atoms with Crippen molar-refractivity contribution >= 4 is 11.6 Å². The van der Waals surface area contributed by atoms with Gasteiger partial charge in [-0.1, -0.05) is 37.1 Å². The first-order valence-electron chi connectivity index (χ1n) is 7.93. The highest BCUT2D eigenvalue weighted by molar-refractivity contribution is 6.30. The Hall–Kier alpha value is -0.570. The molecule has 3 heteroatoms. The summed E-state index contributed by atoms with van der Waals surface area (Å²) in [5.41, 5.74) is 1.35. The van der Waals surface area contributed by atoms with Gasteiger partial charge in [-0.3, -0.25) is 4.90 Å². The average Bonchev–Trinajstić information content (AvgIpc) is 2.98. The fourth-order valence-electron chi connectivity index (χ4n) is 2.99. The van der Waals surface area contributed by atoms with Crippen LogP contribution >= 0.6 is 11.6 Å². The lowest BCUT2D eigenvalue weighted by Gasteiger charge is -2.27. The molecule has 0 aliphatic carbocycles. The quantitative estimate of drug-likeness (QED) is 0.808. The van der Waals surface area contributed by atoms with Crippen LogP contribution in [0.15, 0.2) is 24.3 Å². The van der Waals surface area contributed by atoms with Crippen molar-refractivity contribution in [2.24, 2.45) is 0 Å². The fourth-order valence-corrected chi connectivity index (χ4v) is 3.12. The van der Waals surface area contributed by atoms with E-state index in [9.17, 15) is 0 Å². The Bertz CT molecular complexity index is 384. The molecule has 0 spiro atoms. The molecule has 1 aromatic carbocycles. The summed E-state index contributed by atoms with van der Waals surface area (Å²) < 4.78 is 0. The van der Waals surface area contributed by atoms with Crippen molar-refractivity contribution in [3.05, 3.63) is 34.9 Å². The first kappa shape index (κ1) is 15.8. The zero-order chi connectivity index (χ0) is 14.4. The number of likely N-dealkylation sites (tertiary alicyclic amines) is 1. The van der Waals surface area contributed by atoms with E-state index < -0.39 is 0 Å². The molecule has 1 heterocycles. The van der Waals surface area contributed by atoms with Crippen molar-refractivity contribution in [3.63, 3.8) is 0 Å². The van der Waals surface area contributed by atoms with Gasteiger partial charge in [0, 0.05) is 23.7 Å². The van der Waals surface area contributed by atoms with Crippen LogP contribution in [0.5, 0.6) is 0 Å². The Balaban J connectivity index is 1.89. The molecule has 0 saturated carbocycles. The van der Waals surface area contributed by atoms with E-state index in [1.807, 2.05) is 12.1 Å². The molecule has 1 saturated heterocycles. The molecule has 2 atom stereocenters. The van der Waals surface area contributed by atoms with Gasteiger partial charge in [-0.05, 0) is 57.0 Å². The summed E-state index contributed by atoms with van der Waals surface area (Å²) in [7, 11) is 0. The standard InChI is InChI=1S/C17H27ClN2/c1-3-6-17(15-7-9-16(18)10-8-15)19-13-14(2)20-11-4-5-12-20/h7-10,14,17,19H,3-6,11-13H2,1-2H3. The molecule has 112 valence electrons. The van der Waals surface area contributed by atoms with Crippen molar-refractivity contribution in [2.75, 3.05) is 19.6 Å². The van der Waals surface area contributed by atoms with E-state index in [2.05, 4.69) is 36.2 Å². The van der Waals surface area contributed by atoms with Gasteiger partial charge in [-0.2, -0.15) is 0 Å². The number of halogens is 1. The minimum Gasteiger partial charge on any atom is -0.308 e. The maximum atomic E-state index is 5.98. The molecule has 2 rings (SSSR count). The summed E-state index contributed by atoms with van der Waals surface area (Å²) >= 11 is 5.98. The van der Waals surface area contributed by atoms with Crippen LogP contribution in [0.4, 0.5) is 0 Å². The van der Waals surface area contributed by atoms with Crippen LogP contribution in [-0.4, -0.2) is 30.6 Å². The van der Waals surface area contributed by atoms with Gasteiger partial charge in [-0.15, -0.1) is 0 Å². The Labute approximate surface area is 128 Å². The molecule has 0 amide bonds. The van der Waals surface area contributed by atoms with Gasteiger partial charge in [0.1, 0.15) is 0 Å². The predicted octanol–water partition coefficient (Wildman–Crippen LogP) is 4.26. The molecule has 2 unspecified atom stereocenters. The minimum absolute atomic E-state index is 0.447. The summed E-state index contributed by atoms with van der Waals surface area (Å²) in [6, 6.07) is 9.36. The van der Waals surface area contributed by atoms with Crippen LogP contribution in [0, 0.1) is 0 Å². The van der Waals surface area contributed by atoms with Gasteiger partial charge >= 0.3 is 0 Å². The van der Waals surface area contributed by atoms with Gasteiger partial charge in [0.25, 0.3) is 0 Å². The maximum Gasteiger partial charge on any atom is 0.0406 e. The summed E-state index contributed by atoms with van der Waals surface area (Å²) in [4.78, 5) is 2.60. The molecule has 0 bridgehead atoms. The number of nitrogens with one attached hydrogen (secondary N) is 1. The van der Waals surface area contributed by atoms with E-state index in [4.69, 9.17) is 11.6 Å². The van der Waals surface area contributed by atoms with Gasteiger partial charge < -0.3 is 5.32 Å². The topological polar surface area (TPSA) is 15.3 Å². The zero-order valence-electron chi connectivity index (χ0n) is 12.7. The molecular formula is C17H27ClN2. The highest BCUT2D eigenvalue weighted by Gasteiger charge is 2.19. The predicted molar refractivity (Wildman–Crippen MR) is 87.4 cm³/mol. The van der Waals surface area contributed by atoms with E-state index in [1.165, 1.54) is 44.3 Å². The lowest BCUT2D eigenvalue weighted by molar-refractivity contribution is 0.244.